The predicted molar refractivity (Wildman–Crippen MR) is 44.0 cm³/mol. The zero-order chi connectivity index (χ0) is 7.98. The molecule has 1 fully saturated rings. The van der Waals surface area contributed by atoms with Gasteiger partial charge in [0.05, 0.1) is 0 Å². The zero-order valence-corrected chi connectivity index (χ0v) is 7.31. The monoisotopic (exact) mass is 142 g/mol. The van der Waals surface area contributed by atoms with E-state index >= 15 is 0 Å². The van der Waals surface area contributed by atoms with E-state index in [1.807, 2.05) is 0 Å². The van der Waals surface area contributed by atoms with E-state index in [1.165, 1.54) is 0 Å². The van der Waals surface area contributed by atoms with Crippen LogP contribution in [0.4, 0.5) is 0 Å². The maximum atomic E-state index is 10.2. The van der Waals surface area contributed by atoms with Crippen molar-refractivity contribution in [1.29, 1.82) is 0 Å². The molecule has 0 bridgehead atoms. The number of carbonyl (C=O) groups excluding carboxylic acids is 1. The molecule has 1 rings (SSSR count). The molecule has 0 atom stereocenters. The summed E-state index contributed by atoms with van der Waals surface area (Å²) in [4.78, 5) is 10.2. The average molecular weight is 142 g/mol. The van der Waals surface area contributed by atoms with Gasteiger partial charge in [-0.05, 0) is 18.8 Å². The fourth-order valence-corrected chi connectivity index (χ4v) is 0.769. The maximum absolute atomic E-state index is 10.2. The van der Waals surface area contributed by atoms with Crippen LogP contribution < -0.4 is 0 Å². The van der Waals surface area contributed by atoms with Crippen LogP contribution in [0.5, 0.6) is 0 Å². The highest BCUT2D eigenvalue weighted by molar-refractivity contribution is 5.79. The molecule has 10 heavy (non-hydrogen) atoms. The third kappa shape index (κ3) is 7.67. The number of hydrogen-bond acceptors (Lipinski definition) is 1. The van der Waals surface area contributed by atoms with Gasteiger partial charge in [0.25, 0.3) is 0 Å². The summed E-state index contributed by atoms with van der Waals surface area (Å²) < 4.78 is 0. The molecule has 0 amide bonds. The van der Waals surface area contributed by atoms with Crippen molar-refractivity contribution in [3.05, 3.63) is 0 Å². The quantitative estimate of drug-likeness (QED) is 0.508. The van der Waals surface area contributed by atoms with Crippen molar-refractivity contribution in [1.82, 2.24) is 0 Å². The van der Waals surface area contributed by atoms with Crippen LogP contribution in [0.1, 0.15) is 46.5 Å². The zero-order valence-electron chi connectivity index (χ0n) is 7.31. The Kier molecular flexibility index (Phi) is 5.27. The molecule has 1 nitrogen and oxygen atoms in total. The van der Waals surface area contributed by atoms with Crippen LogP contribution in [0.3, 0.4) is 0 Å². The minimum Gasteiger partial charge on any atom is -0.300 e. The third-order valence-corrected chi connectivity index (χ3v) is 1.16. The molecule has 0 spiro atoms. The number of rotatable bonds is 0. The highest BCUT2D eigenvalue weighted by atomic mass is 16.1. The predicted octanol–water partition coefficient (Wildman–Crippen LogP) is 2.79. The van der Waals surface area contributed by atoms with Gasteiger partial charge < -0.3 is 0 Å². The Bertz CT molecular complexity index is 84.1. The molecule has 1 heteroatoms. The first-order valence-electron chi connectivity index (χ1n) is 4.14. The molecule has 0 heterocycles. The van der Waals surface area contributed by atoms with Gasteiger partial charge in [0.1, 0.15) is 5.78 Å². The second-order valence-electron chi connectivity index (χ2n) is 3.48. The summed E-state index contributed by atoms with van der Waals surface area (Å²) in [5.74, 6) is 1.29. The fourth-order valence-electron chi connectivity index (χ4n) is 0.769. The van der Waals surface area contributed by atoms with E-state index < -0.39 is 0 Å². The van der Waals surface area contributed by atoms with Crippen molar-refractivity contribution < 1.29 is 4.79 Å². The first-order chi connectivity index (χ1) is 4.63. The summed E-state index contributed by atoms with van der Waals surface area (Å²) in [6.07, 6.45) is 3.97. The van der Waals surface area contributed by atoms with Gasteiger partial charge in [-0.1, -0.05) is 20.8 Å². The topological polar surface area (TPSA) is 17.1 Å². The lowest BCUT2D eigenvalue weighted by Crippen LogP contribution is -1.81. The smallest absolute Gasteiger partial charge is 0.132 e. The van der Waals surface area contributed by atoms with Gasteiger partial charge in [-0.3, -0.25) is 4.79 Å². The Morgan fingerprint density at radius 3 is 1.50 bits per heavy atom. The van der Waals surface area contributed by atoms with Crippen LogP contribution in [0.2, 0.25) is 0 Å². The molecule has 0 unspecified atom stereocenters. The Morgan fingerprint density at radius 1 is 1.10 bits per heavy atom. The third-order valence-electron chi connectivity index (χ3n) is 1.16. The summed E-state index contributed by atoms with van der Waals surface area (Å²) in [7, 11) is 0. The first-order valence-corrected chi connectivity index (χ1v) is 4.14. The first kappa shape index (κ1) is 9.67. The second kappa shape index (κ2) is 5.45. The van der Waals surface area contributed by atoms with Crippen molar-refractivity contribution in [3.63, 3.8) is 0 Å². The van der Waals surface area contributed by atoms with Gasteiger partial charge in [-0.15, -0.1) is 0 Å². The lowest BCUT2D eigenvalue weighted by atomic mass is 10.3. The van der Waals surface area contributed by atoms with Crippen LogP contribution in [0, 0.1) is 5.92 Å². The van der Waals surface area contributed by atoms with Crippen LogP contribution in [0.15, 0.2) is 0 Å². The number of hydrogen-bond donors (Lipinski definition) is 0. The molecule has 0 saturated heterocycles. The van der Waals surface area contributed by atoms with Gasteiger partial charge in [-0.25, -0.2) is 0 Å². The van der Waals surface area contributed by atoms with Crippen LogP contribution in [0.25, 0.3) is 0 Å². The summed E-state index contributed by atoms with van der Waals surface area (Å²) in [5.41, 5.74) is 0. The lowest BCUT2D eigenvalue weighted by molar-refractivity contribution is -0.117. The maximum Gasteiger partial charge on any atom is 0.132 e. The Labute approximate surface area is 63.8 Å². The summed E-state index contributed by atoms with van der Waals surface area (Å²) in [6.45, 7) is 6.50. The SMILES string of the molecule is CC(C)C.O=C1CCCC1. The summed E-state index contributed by atoms with van der Waals surface area (Å²) in [6, 6.07) is 0. The van der Waals surface area contributed by atoms with Crippen molar-refractivity contribution in [2.45, 2.75) is 46.5 Å². The molecule has 0 aromatic carbocycles. The fraction of sp³-hybridized carbons (Fsp3) is 0.889. The highest BCUT2D eigenvalue weighted by Gasteiger charge is 2.07. The number of carbonyl (C=O) groups is 1. The average Bonchev–Trinajstić information content (AvgIpc) is 2.15. The largest absolute Gasteiger partial charge is 0.300 e. The van der Waals surface area contributed by atoms with E-state index in [2.05, 4.69) is 20.8 Å². The molecule has 1 aliphatic rings. The van der Waals surface area contributed by atoms with Gasteiger partial charge in [0.15, 0.2) is 0 Å². The molecule has 0 aliphatic heterocycles. The van der Waals surface area contributed by atoms with E-state index in [0.29, 0.717) is 5.78 Å². The van der Waals surface area contributed by atoms with Crippen molar-refractivity contribution in [3.8, 4) is 0 Å². The molecule has 1 aliphatic carbocycles. The van der Waals surface area contributed by atoms with E-state index in [9.17, 15) is 4.79 Å². The van der Waals surface area contributed by atoms with Crippen LogP contribution >= 0.6 is 0 Å². The Hall–Kier alpha value is -0.330. The molecule has 0 aromatic rings. The summed E-state index contributed by atoms with van der Waals surface area (Å²) in [5, 5.41) is 0. The normalized spacial score (nSPS) is 17.0. The van der Waals surface area contributed by atoms with Crippen LogP contribution in [-0.4, -0.2) is 5.78 Å². The van der Waals surface area contributed by atoms with Crippen LogP contribution in [-0.2, 0) is 4.79 Å². The Morgan fingerprint density at radius 2 is 1.40 bits per heavy atom. The lowest BCUT2D eigenvalue weighted by Gasteiger charge is -1.79. The van der Waals surface area contributed by atoms with E-state index in [0.717, 1.165) is 31.6 Å². The van der Waals surface area contributed by atoms with E-state index in [-0.39, 0.29) is 0 Å². The molecule has 0 N–H and O–H groups in total. The molecular weight excluding hydrogens is 124 g/mol. The standard InChI is InChI=1S/C5H8O.C4H10/c6-5-3-1-2-4-5;1-4(2)3/h1-4H2;4H,1-3H3. The van der Waals surface area contributed by atoms with Crippen molar-refractivity contribution >= 4 is 5.78 Å². The minimum absolute atomic E-state index is 0.454. The van der Waals surface area contributed by atoms with Gasteiger partial charge in [-0.2, -0.15) is 0 Å². The van der Waals surface area contributed by atoms with Gasteiger partial charge >= 0.3 is 0 Å². The molecule has 1 saturated carbocycles. The molecular formula is C9H18O. The molecule has 0 aromatic heterocycles. The number of ketones is 1. The molecule has 0 radical (unpaired) electrons. The Balaban J connectivity index is 0.000000180. The second-order valence-corrected chi connectivity index (χ2v) is 3.48. The van der Waals surface area contributed by atoms with Crippen molar-refractivity contribution in [2.75, 3.05) is 0 Å². The van der Waals surface area contributed by atoms with Crippen molar-refractivity contribution in [2.24, 2.45) is 5.92 Å². The van der Waals surface area contributed by atoms with Gasteiger partial charge in [0.2, 0.25) is 0 Å². The summed E-state index contributed by atoms with van der Waals surface area (Å²) >= 11 is 0. The number of Topliss-reactive ketones (excluding diaryl/α,β-unsaturated/α-hetero) is 1. The van der Waals surface area contributed by atoms with Gasteiger partial charge in [0, 0.05) is 12.8 Å². The van der Waals surface area contributed by atoms with E-state index in [1.54, 1.807) is 0 Å². The molecule has 60 valence electrons. The van der Waals surface area contributed by atoms with E-state index in [4.69, 9.17) is 0 Å². The highest BCUT2D eigenvalue weighted by Crippen LogP contribution is 2.11. The minimum atomic E-state index is 0.454.